The zero-order valence-corrected chi connectivity index (χ0v) is 10.8. The highest BCUT2D eigenvalue weighted by atomic mass is 32.2. The zero-order valence-electron chi connectivity index (χ0n) is 9.97. The number of nitrogens with zero attached hydrogens (tertiary/aromatic N) is 1. The first-order chi connectivity index (χ1) is 7.10. The van der Waals surface area contributed by atoms with Gasteiger partial charge in [0.25, 0.3) is 10.1 Å². The second kappa shape index (κ2) is 6.17. The van der Waals surface area contributed by atoms with Gasteiger partial charge in [-0.05, 0) is 6.42 Å². The Kier molecular flexibility index (Phi) is 5.91. The number of ether oxygens (including phenoxy) is 1. The molecule has 1 N–H and O–H groups in total. The van der Waals surface area contributed by atoms with E-state index >= 15 is 0 Å². The Labute approximate surface area is 96.5 Å². The molecule has 16 heavy (non-hydrogen) atoms. The highest BCUT2D eigenvalue weighted by Gasteiger charge is 2.11. The molecule has 0 aromatic rings. The third-order valence-electron chi connectivity index (χ3n) is 1.81. The number of carbonyl (C=O) groups is 1. The van der Waals surface area contributed by atoms with Crippen LogP contribution < -0.4 is 0 Å². The minimum atomic E-state index is -3.97. The van der Waals surface area contributed by atoms with Crippen molar-refractivity contribution in [2.45, 2.75) is 12.8 Å². The first-order valence-electron chi connectivity index (χ1n) is 5.01. The Morgan fingerprint density at radius 1 is 1.31 bits per heavy atom. The molecular weight excluding hydrogens is 234 g/mol. The smallest absolute Gasteiger partial charge is 0.306 e. The maximum atomic E-state index is 11.1. The predicted octanol–water partition coefficient (Wildman–Crippen LogP) is -0.0962. The topological polar surface area (TPSA) is 80.7 Å². The molecule has 0 unspecified atom stereocenters. The van der Waals surface area contributed by atoms with E-state index in [0.717, 1.165) is 0 Å². The quantitative estimate of drug-likeness (QED) is 0.390. The molecule has 0 atom stereocenters. The van der Waals surface area contributed by atoms with Crippen LogP contribution >= 0.6 is 0 Å². The number of hydrogen-bond acceptors (Lipinski definition) is 4. The van der Waals surface area contributed by atoms with Crippen LogP contribution in [0.1, 0.15) is 12.8 Å². The molecule has 0 aliphatic rings. The van der Waals surface area contributed by atoms with Crippen molar-refractivity contribution in [3.8, 4) is 0 Å². The standard InChI is InChI=1S/C9H19NO5S/c1-10(2,3)6-7-15-9(11)5-4-8-16(12,13)14/h4-8H2,1-3H3/p+1. The number of quaternary nitrogens is 1. The first-order valence-corrected chi connectivity index (χ1v) is 6.62. The molecule has 0 spiro atoms. The van der Waals surface area contributed by atoms with Crippen LogP contribution in [-0.2, 0) is 19.6 Å². The Morgan fingerprint density at radius 2 is 1.88 bits per heavy atom. The van der Waals surface area contributed by atoms with Crippen molar-refractivity contribution >= 4 is 16.1 Å². The van der Waals surface area contributed by atoms with Crippen molar-refractivity contribution in [1.82, 2.24) is 0 Å². The summed E-state index contributed by atoms with van der Waals surface area (Å²) in [5, 5.41) is 0. The van der Waals surface area contributed by atoms with Gasteiger partial charge >= 0.3 is 5.97 Å². The minimum absolute atomic E-state index is 0.0108. The molecule has 0 aromatic heterocycles. The van der Waals surface area contributed by atoms with Crippen molar-refractivity contribution in [3.05, 3.63) is 0 Å². The second-order valence-electron chi connectivity index (χ2n) is 4.62. The van der Waals surface area contributed by atoms with E-state index in [-0.39, 0.29) is 12.8 Å². The lowest BCUT2D eigenvalue weighted by Crippen LogP contribution is -2.38. The van der Waals surface area contributed by atoms with Gasteiger partial charge in [0.1, 0.15) is 13.2 Å². The van der Waals surface area contributed by atoms with Gasteiger partial charge in [-0.25, -0.2) is 0 Å². The van der Waals surface area contributed by atoms with E-state index in [1.165, 1.54) is 0 Å². The van der Waals surface area contributed by atoms with E-state index in [9.17, 15) is 13.2 Å². The molecule has 0 rings (SSSR count). The average molecular weight is 254 g/mol. The molecule has 0 amide bonds. The Bertz CT molecular complexity index is 317. The summed E-state index contributed by atoms with van der Waals surface area (Å²) in [5.74, 6) is -0.839. The molecule has 6 nitrogen and oxygen atoms in total. The van der Waals surface area contributed by atoms with Crippen LogP contribution in [0, 0.1) is 0 Å². The molecule has 0 heterocycles. The molecule has 0 saturated heterocycles. The third kappa shape index (κ3) is 11.4. The summed E-state index contributed by atoms with van der Waals surface area (Å²) in [5.41, 5.74) is 0. The van der Waals surface area contributed by atoms with Gasteiger partial charge in [-0.1, -0.05) is 0 Å². The van der Waals surface area contributed by atoms with Crippen molar-refractivity contribution < 1.29 is 27.0 Å². The zero-order chi connectivity index (χ0) is 12.8. The Morgan fingerprint density at radius 3 is 2.31 bits per heavy atom. The lowest BCUT2D eigenvalue weighted by atomic mass is 10.3. The number of hydrogen-bond donors (Lipinski definition) is 1. The number of likely N-dealkylation sites (N-methyl/N-ethyl adjacent to an activating group) is 1. The van der Waals surface area contributed by atoms with Crippen molar-refractivity contribution in [3.63, 3.8) is 0 Å². The lowest BCUT2D eigenvalue weighted by Gasteiger charge is -2.23. The van der Waals surface area contributed by atoms with Crippen LogP contribution in [0.2, 0.25) is 0 Å². The normalized spacial score (nSPS) is 12.5. The molecular formula is C9H20NO5S+. The van der Waals surface area contributed by atoms with Gasteiger partial charge in [0.2, 0.25) is 0 Å². The minimum Gasteiger partial charge on any atom is -0.460 e. The summed E-state index contributed by atoms with van der Waals surface area (Å²) in [6.07, 6.45) is 0.0962. The summed E-state index contributed by atoms with van der Waals surface area (Å²) >= 11 is 0. The van der Waals surface area contributed by atoms with Crippen molar-refractivity contribution in [2.75, 3.05) is 40.0 Å². The maximum Gasteiger partial charge on any atom is 0.306 e. The van der Waals surface area contributed by atoms with Gasteiger partial charge < -0.3 is 9.22 Å². The van der Waals surface area contributed by atoms with Crippen LogP contribution in [0.25, 0.3) is 0 Å². The Hall–Kier alpha value is -0.660. The lowest BCUT2D eigenvalue weighted by molar-refractivity contribution is -0.870. The maximum absolute atomic E-state index is 11.1. The molecule has 0 radical (unpaired) electrons. The van der Waals surface area contributed by atoms with E-state index in [0.29, 0.717) is 17.6 Å². The molecule has 0 aromatic carbocycles. The first kappa shape index (κ1) is 15.3. The summed E-state index contributed by atoms with van der Waals surface area (Å²) < 4.78 is 34.7. The van der Waals surface area contributed by atoms with Gasteiger partial charge in [-0.2, -0.15) is 8.42 Å². The number of rotatable bonds is 7. The molecule has 0 saturated carbocycles. The molecule has 0 fully saturated rings. The van der Waals surface area contributed by atoms with Crippen LogP contribution in [-0.4, -0.2) is 63.5 Å². The molecule has 0 bridgehead atoms. The SMILES string of the molecule is C[N+](C)(C)CCOC(=O)CCCS(=O)(=O)O. The summed E-state index contributed by atoms with van der Waals surface area (Å²) in [7, 11) is 1.96. The fourth-order valence-corrected chi connectivity index (χ4v) is 1.41. The monoisotopic (exact) mass is 254 g/mol. The highest BCUT2D eigenvalue weighted by molar-refractivity contribution is 7.85. The van der Waals surface area contributed by atoms with E-state index in [2.05, 4.69) is 0 Å². The number of carbonyl (C=O) groups excluding carboxylic acids is 1. The Balaban J connectivity index is 3.61. The molecule has 96 valence electrons. The van der Waals surface area contributed by atoms with Gasteiger partial charge in [-0.15, -0.1) is 0 Å². The highest BCUT2D eigenvalue weighted by Crippen LogP contribution is 1.97. The van der Waals surface area contributed by atoms with Gasteiger partial charge in [-0.3, -0.25) is 9.35 Å². The molecule has 0 aliphatic heterocycles. The van der Waals surface area contributed by atoms with Crippen molar-refractivity contribution in [2.24, 2.45) is 0 Å². The van der Waals surface area contributed by atoms with Gasteiger partial charge in [0, 0.05) is 6.42 Å². The van der Waals surface area contributed by atoms with Gasteiger partial charge in [0.15, 0.2) is 0 Å². The van der Waals surface area contributed by atoms with Crippen molar-refractivity contribution in [1.29, 1.82) is 0 Å². The number of esters is 1. The van der Waals surface area contributed by atoms with Gasteiger partial charge in [0.05, 0.1) is 26.9 Å². The fraction of sp³-hybridized carbons (Fsp3) is 0.889. The third-order valence-corrected chi connectivity index (χ3v) is 2.61. The van der Waals surface area contributed by atoms with Crippen LogP contribution in [0.4, 0.5) is 0 Å². The van der Waals surface area contributed by atoms with Crippen LogP contribution in [0.3, 0.4) is 0 Å². The van der Waals surface area contributed by atoms with Crippen LogP contribution in [0.5, 0.6) is 0 Å². The summed E-state index contributed by atoms with van der Waals surface area (Å²) in [6.45, 7) is 1.01. The van der Waals surface area contributed by atoms with E-state index in [1.807, 2.05) is 21.1 Å². The largest absolute Gasteiger partial charge is 0.460 e. The summed E-state index contributed by atoms with van der Waals surface area (Å²) in [6, 6.07) is 0. The molecule has 0 aliphatic carbocycles. The second-order valence-corrected chi connectivity index (χ2v) is 6.20. The average Bonchev–Trinajstić information content (AvgIpc) is 1.98. The predicted molar refractivity (Wildman–Crippen MR) is 59.5 cm³/mol. The van der Waals surface area contributed by atoms with E-state index in [1.54, 1.807) is 0 Å². The molecule has 7 heteroatoms. The van der Waals surface area contributed by atoms with E-state index in [4.69, 9.17) is 9.29 Å². The van der Waals surface area contributed by atoms with E-state index < -0.39 is 21.8 Å². The fourth-order valence-electron chi connectivity index (χ4n) is 0.904. The van der Waals surface area contributed by atoms with Crippen LogP contribution in [0.15, 0.2) is 0 Å². The summed E-state index contributed by atoms with van der Waals surface area (Å²) in [4.78, 5) is 11.1.